The molecular weight excluding hydrogens is 448 g/mol. The number of anilines is 2. The van der Waals surface area contributed by atoms with Crippen molar-refractivity contribution in [2.24, 2.45) is 0 Å². The molecule has 0 aliphatic carbocycles. The van der Waals surface area contributed by atoms with Crippen molar-refractivity contribution in [3.05, 3.63) is 54.1 Å². The number of methoxy groups -OCH3 is 1. The third-order valence-electron chi connectivity index (χ3n) is 5.47. The maximum Gasteiger partial charge on any atom is 0.410 e. The van der Waals surface area contributed by atoms with E-state index in [0.717, 1.165) is 0 Å². The van der Waals surface area contributed by atoms with E-state index in [1.807, 2.05) is 32.9 Å². The zero-order valence-electron chi connectivity index (χ0n) is 20.8. The molecule has 9 heteroatoms. The van der Waals surface area contributed by atoms with Crippen LogP contribution in [0.25, 0.3) is 0 Å². The van der Waals surface area contributed by atoms with Gasteiger partial charge in [-0.15, -0.1) is 0 Å². The van der Waals surface area contributed by atoms with Gasteiger partial charge >= 0.3 is 6.09 Å². The van der Waals surface area contributed by atoms with Gasteiger partial charge in [-0.25, -0.2) is 4.79 Å². The monoisotopic (exact) mass is 482 g/mol. The summed E-state index contributed by atoms with van der Waals surface area (Å²) in [5.74, 6) is 0.208. The van der Waals surface area contributed by atoms with Crippen molar-refractivity contribution < 1.29 is 23.9 Å². The van der Waals surface area contributed by atoms with Crippen LogP contribution >= 0.6 is 0 Å². The lowest BCUT2D eigenvalue weighted by Gasteiger charge is -2.35. The van der Waals surface area contributed by atoms with Crippen molar-refractivity contribution in [3.8, 4) is 5.75 Å². The number of piperazine rings is 1. The van der Waals surface area contributed by atoms with Crippen molar-refractivity contribution in [1.29, 1.82) is 0 Å². The van der Waals surface area contributed by atoms with E-state index >= 15 is 0 Å². The molecule has 1 fully saturated rings. The molecule has 1 aliphatic rings. The molecule has 35 heavy (non-hydrogen) atoms. The third kappa shape index (κ3) is 7.99. The molecule has 1 saturated heterocycles. The summed E-state index contributed by atoms with van der Waals surface area (Å²) in [5.41, 5.74) is 1.17. The van der Waals surface area contributed by atoms with Gasteiger partial charge in [0.15, 0.2) is 0 Å². The fourth-order valence-electron chi connectivity index (χ4n) is 3.61. The Morgan fingerprint density at radius 2 is 1.57 bits per heavy atom. The lowest BCUT2D eigenvalue weighted by Crippen LogP contribution is -2.50. The number of rotatable bonds is 7. The second-order valence-electron chi connectivity index (χ2n) is 9.34. The number of benzene rings is 2. The van der Waals surface area contributed by atoms with Crippen molar-refractivity contribution in [3.63, 3.8) is 0 Å². The number of amides is 3. The Kier molecular flexibility index (Phi) is 8.70. The molecule has 0 unspecified atom stereocenters. The topological polar surface area (TPSA) is 100 Å². The largest absolute Gasteiger partial charge is 0.495 e. The Bertz CT molecular complexity index is 1020. The summed E-state index contributed by atoms with van der Waals surface area (Å²) < 4.78 is 10.7. The predicted octanol–water partition coefficient (Wildman–Crippen LogP) is 3.83. The van der Waals surface area contributed by atoms with Crippen molar-refractivity contribution in [2.75, 3.05) is 50.5 Å². The molecule has 0 saturated carbocycles. The molecule has 2 N–H and O–H groups in total. The SMILES string of the molecule is COc1ccccc1NC(=O)c1ccc(NC(=O)CCN2CCN(C(=O)OC(C)(C)C)CC2)cc1. The van der Waals surface area contributed by atoms with Crippen LogP contribution in [0.4, 0.5) is 16.2 Å². The van der Waals surface area contributed by atoms with Gasteiger partial charge in [0.25, 0.3) is 5.91 Å². The van der Waals surface area contributed by atoms with E-state index in [1.54, 1.807) is 48.4 Å². The summed E-state index contributed by atoms with van der Waals surface area (Å²) in [6, 6.07) is 13.9. The number of nitrogens with one attached hydrogen (secondary N) is 2. The summed E-state index contributed by atoms with van der Waals surface area (Å²) in [6.45, 7) is 8.71. The zero-order valence-corrected chi connectivity index (χ0v) is 20.8. The average Bonchev–Trinajstić information content (AvgIpc) is 2.83. The Morgan fingerprint density at radius 3 is 2.20 bits per heavy atom. The highest BCUT2D eigenvalue weighted by molar-refractivity contribution is 6.05. The van der Waals surface area contributed by atoms with Crippen LogP contribution < -0.4 is 15.4 Å². The van der Waals surface area contributed by atoms with Crippen LogP contribution in [-0.4, -0.2) is 73.1 Å². The van der Waals surface area contributed by atoms with Crippen molar-refractivity contribution >= 4 is 29.3 Å². The highest BCUT2D eigenvalue weighted by Crippen LogP contribution is 2.24. The Hall–Kier alpha value is -3.59. The number of nitrogens with zero attached hydrogens (tertiary/aromatic N) is 2. The molecule has 0 atom stereocenters. The molecule has 188 valence electrons. The average molecular weight is 483 g/mol. The number of hydrogen-bond acceptors (Lipinski definition) is 6. The summed E-state index contributed by atoms with van der Waals surface area (Å²) in [5, 5.41) is 5.69. The van der Waals surface area contributed by atoms with Gasteiger partial charge in [0, 0.05) is 50.4 Å². The highest BCUT2D eigenvalue weighted by Gasteiger charge is 2.25. The van der Waals surface area contributed by atoms with Gasteiger partial charge in [-0.2, -0.15) is 0 Å². The van der Waals surface area contributed by atoms with Crippen LogP contribution in [0, 0.1) is 0 Å². The Balaban J connectivity index is 1.41. The first-order valence-electron chi connectivity index (χ1n) is 11.7. The minimum Gasteiger partial charge on any atom is -0.495 e. The van der Waals surface area contributed by atoms with Crippen LogP contribution in [0.3, 0.4) is 0 Å². The Morgan fingerprint density at radius 1 is 0.914 bits per heavy atom. The number of para-hydroxylation sites is 2. The smallest absolute Gasteiger partial charge is 0.410 e. The van der Waals surface area contributed by atoms with Crippen LogP contribution in [0.2, 0.25) is 0 Å². The fourth-order valence-corrected chi connectivity index (χ4v) is 3.61. The van der Waals surface area contributed by atoms with Gasteiger partial charge in [0.1, 0.15) is 11.4 Å². The van der Waals surface area contributed by atoms with E-state index in [0.29, 0.717) is 61.8 Å². The highest BCUT2D eigenvalue weighted by atomic mass is 16.6. The first-order chi connectivity index (χ1) is 16.6. The molecule has 3 rings (SSSR count). The maximum atomic E-state index is 12.5. The number of hydrogen-bond donors (Lipinski definition) is 2. The number of ether oxygens (including phenoxy) is 2. The van der Waals surface area contributed by atoms with Gasteiger partial charge in [-0.05, 0) is 57.2 Å². The van der Waals surface area contributed by atoms with Gasteiger partial charge in [-0.1, -0.05) is 12.1 Å². The first kappa shape index (κ1) is 26.0. The minimum atomic E-state index is -0.510. The van der Waals surface area contributed by atoms with Gasteiger partial charge in [-0.3, -0.25) is 14.5 Å². The predicted molar refractivity (Wildman–Crippen MR) is 135 cm³/mol. The van der Waals surface area contributed by atoms with Crippen LogP contribution in [0.5, 0.6) is 5.75 Å². The molecule has 1 aliphatic heterocycles. The second kappa shape index (κ2) is 11.7. The van der Waals surface area contributed by atoms with Crippen LogP contribution in [-0.2, 0) is 9.53 Å². The summed E-state index contributed by atoms with van der Waals surface area (Å²) in [7, 11) is 1.55. The quantitative estimate of drug-likeness (QED) is 0.622. The Labute approximate surface area is 206 Å². The summed E-state index contributed by atoms with van der Waals surface area (Å²) >= 11 is 0. The molecule has 2 aromatic rings. The van der Waals surface area contributed by atoms with Crippen molar-refractivity contribution in [1.82, 2.24) is 9.80 Å². The number of carbonyl (C=O) groups is 3. The normalized spacial score (nSPS) is 14.2. The molecule has 0 aromatic heterocycles. The zero-order chi connectivity index (χ0) is 25.4. The molecular formula is C26H34N4O5. The molecule has 2 aromatic carbocycles. The summed E-state index contributed by atoms with van der Waals surface area (Å²) in [4.78, 5) is 41.0. The van der Waals surface area contributed by atoms with Crippen molar-refractivity contribution in [2.45, 2.75) is 32.8 Å². The van der Waals surface area contributed by atoms with Gasteiger partial charge in [0.05, 0.1) is 12.8 Å². The van der Waals surface area contributed by atoms with Gasteiger partial charge in [0.2, 0.25) is 5.91 Å². The second-order valence-corrected chi connectivity index (χ2v) is 9.34. The van der Waals surface area contributed by atoms with E-state index in [2.05, 4.69) is 15.5 Å². The van der Waals surface area contributed by atoms with E-state index < -0.39 is 5.60 Å². The maximum absolute atomic E-state index is 12.5. The number of carbonyl (C=O) groups excluding carboxylic acids is 3. The first-order valence-corrected chi connectivity index (χ1v) is 11.7. The lowest BCUT2D eigenvalue weighted by atomic mass is 10.2. The molecule has 0 radical (unpaired) electrons. The van der Waals surface area contributed by atoms with Gasteiger partial charge < -0.3 is 25.0 Å². The molecule has 3 amide bonds. The standard InChI is InChI=1S/C26H34N4O5/c1-26(2,3)35-25(33)30-17-15-29(16-18-30)14-13-23(31)27-20-11-9-19(10-12-20)24(32)28-21-7-5-6-8-22(21)34-4/h5-12H,13-18H2,1-4H3,(H,27,31)(H,28,32). The van der Waals surface area contributed by atoms with E-state index in [1.165, 1.54) is 0 Å². The molecule has 0 spiro atoms. The lowest BCUT2D eigenvalue weighted by molar-refractivity contribution is -0.116. The molecule has 9 nitrogen and oxygen atoms in total. The minimum absolute atomic E-state index is 0.106. The summed E-state index contributed by atoms with van der Waals surface area (Å²) in [6.07, 6.45) is 0.0394. The van der Waals surface area contributed by atoms with E-state index in [9.17, 15) is 14.4 Å². The molecule has 0 bridgehead atoms. The van der Waals surface area contributed by atoms with Crippen LogP contribution in [0.1, 0.15) is 37.6 Å². The fraction of sp³-hybridized carbons (Fsp3) is 0.423. The molecule has 1 heterocycles. The van der Waals surface area contributed by atoms with E-state index in [-0.39, 0.29) is 17.9 Å². The third-order valence-corrected chi connectivity index (χ3v) is 5.47. The van der Waals surface area contributed by atoms with Crippen LogP contribution in [0.15, 0.2) is 48.5 Å². The van der Waals surface area contributed by atoms with E-state index in [4.69, 9.17) is 9.47 Å².